The van der Waals surface area contributed by atoms with Crippen molar-refractivity contribution in [3.05, 3.63) is 38.8 Å². The number of likely N-dealkylation sites (tertiary alicyclic amines) is 1. The van der Waals surface area contributed by atoms with Crippen LogP contribution in [-0.2, 0) is 42.6 Å². The molecule has 1 saturated heterocycles. The van der Waals surface area contributed by atoms with Crippen molar-refractivity contribution in [2.75, 3.05) is 26.3 Å². The quantitative estimate of drug-likeness (QED) is 0.609. The van der Waals surface area contributed by atoms with Crippen LogP contribution in [0.1, 0.15) is 39.3 Å². The Labute approximate surface area is 181 Å². The fraction of sp³-hybridized carbons (Fsp3) is 0.650. The number of aliphatic hydroxyl groups is 3. The van der Waals surface area contributed by atoms with E-state index in [1.807, 2.05) is 6.20 Å². The molecule has 2 aromatic rings. The number of hydrogen-bond acceptors (Lipinski definition) is 7. The van der Waals surface area contributed by atoms with Crippen molar-refractivity contribution in [3.63, 3.8) is 0 Å². The van der Waals surface area contributed by atoms with Crippen LogP contribution in [0.3, 0.4) is 0 Å². The minimum atomic E-state index is -4.48. The van der Waals surface area contributed by atoms with Gasteiger partial charge in [0.05, 0.1) is 38.7 Å². The standard InChI is InChI=1S/C20H26F3N3O4S/c21-20(22,23)18-16(12-28)15-1-6-30-19(17(15)31-18)2-4-25(5-3-19)8-13-7-24-26(9-13)10-14(29)11-27/h7,9,14,27-29H,1-6,8,10-12H2. The summed E-state index contributed by atoms with van der Waals surface area (Å²) in [5.41, 5.74) is 0.861. The first-order valence-electron chi connectivity index (χ1n) is 10.3. The molecule has 0 bridgehead atoms. The summed E-state index contributed by atoms with van der Waals surface area (Å²) in [7, 11) is 0. The molecule has 0 saturated carbocycles. The highest BCUT2D eigenvalue weighted by molar-refractivity contribution is 7.12. The molecule has 172 valence electrons. The lowest BCUT2D eigenvalue weighted by molar-refractivity contribution is -0.135. The highest BCUT2D eigenvalue weighted by Gasteiger charge is 2.47. The maximum Gasteiger partial charge on any atom is 0.425 e. The zero-order valence-corrected chi connectivity index (χ0v) is 17.8. The van der Waals surface area contributed by atoms with Gasteiger partial charge in [-0.1, -0.05) is 0 Å². The highest BCUT2D eigenvalue weighted by atomic mass is 32.1. The zero-order valence-electron chi connectivity index (χ0n) is 16.9. The monoisotopic (exact) mass is 461 g/mol. The van der Waals surface area contributed by atoms with Crippen molar-refractivity contribution >= 4 is 11.3 Å². The van der Waals surface area contributed by atoms with Gasteiger partial charge in [-0.15, -0.1) is 11.3 Å². The first kappa shape index (κ1) is 22.7. The number of halogens is 3. The summed E-state index contributed by atoms with van der Waals surface area (Å²) in [5, 5.41) is 32.3. The van der Waals surface area contributed by atoms with E-state index < -0.39 is 29.4 Å². The molecule has 0 radical (unpaired) electrons. The second kappa shape index (κ2) is 8.80. The van der Waals surface area contributed by atoms with E-state index >= 15 is 0 Å². The van der Waals surface area contributed by atoms with E-state index in [9.17, 15) is 23.4 Å². The molecule has 0 aliphatic carbocycles. The number of alkyl halides is 3. The molecule has 3 N–H and O–H groups in total. The van der Waals surface area contributed by atoms with Gasteiger partial charge in [0.15, 0.2) is 0 Å². The van der Waals surface area contributed by atoms with Crippen molar-refractivity contribution in [3.8, 4) is 0 Å². The molecule has 1 fully saturated rings. The zero-order chi connectivity index (χ0) is 22.2. The van der Waals surface area contributed by atoms with Gasteiger partial charge in [-0.3, -0.25) is 9.58 Å². The predicted octanol–water partition coefficient (Wildman–Crippen LogP) is 1.87. The molecule has 0 aromatic carbocycles. The van der Waals surface area contributed by atoms with E-state index in [0.29, 0.717) is 55.9 Å². The second-order valence-electron chi connectivity index (χ2n) is 8.15. The normalized spacial score (nSPS) is 20.2. The van der Waals surface area contributed by atoms with Crippen molar-refractivity contribution in [1.82, 2.24) is 14.7 Å². The number of nitrogens with zero attached hydrogens (tertiary/aromatic N) is 3. The predicted molar refractivity (Wildman–Crippen MR) is 106 cm³/mol. The van der Waals surface area contributed by atoms with Crippen LogP contribution < -0.4 is 0 Å². The van der Waals surface area contributed by atoms with Crippen LogP contribution in [0.15, 0.2) is 12.4 Å². The Bertz CT molecular complexity index is 906. The summed E-state index contributed by atoms with van der Waals surface area (Å²) < 4.78 is 48.2. The molecule has 11 heteroatoms. The molecule has 4 rings (SSSR count). The van der Waals surface area contributed by atoms with Gasteiger partial charge >= 0.3 is 6.18 Å². The van der Waals surface area contributed by atoms with Crippen molar-refractivity contribution in [2.24, 2.45) is 0 Å². The SMILES string of the molecule is OCc1c(C(F)(F)F)sc2c1CCOC21CCN(Cc2cnn(CC(O)CO)c2)CC1. The number of rotatable bonds is 6. The topological polar surface area (TPSA) is 91.0 Å². The summed E-state index contributed by atoms with van der Waals surface area (Å²) in [4.78, 5) is 2.13. The minimum absolute atomic E-state index is 0.00934. The Kier molecular flexibility index (Phi) is 6.44. The molecule has 7 nitrogen and oxygen atoms in total. The third kappa shape index (κ3) is 4.53. The first-order chi connectivity index (χ1) is 14.8. The van der Waals surface area contributed by atoms with Crippen LogP contribution in [0.5, 0.6) is 0 Å². The number of ether oxygens (including phenoxy) is 1. The van der Waals surface area contributed by atoms with Gasteiger partial charge in [0.1, 0.15) is 10.5 Å². The molecule has 2 aromatic heterocycles. The fourth-order valence-electron chi connectivity index (χ4n) is 4.51. The van der Waals surface area contributed by atoms with Crippen LogP contribution in [-0.4, -0.2) is 62.4 Å². The van der Waals surface area contributed by atoms with Crippen LogP contribution in [0.4, 0.5) is 13.2 Å². The van der Waals surface area contributed by atoms with Crippen molar-refractivity contribution in [2.45, 2.75) is 56.8 Å². The van der Waals surface area contributed by atoms with Gasteiger partial charge in [0.2, 0.25) is 0 Å². The average Bonchev–Trinajstić information content (AvgIpc) is 3.34. The Hall–Kier alpha value is -1.50. The van der Waals surface area contributed by atoms with Gasteiger partial charge < -0.3 is 20.1 Å². The van der Waals surface area contributed by atoms with E-state index in [4.69, 9.17) is 9.84 Å². The van der Waals surface area contributed by atoms with Gasteiger partial charge in [-0.25, -0.2) is 0 Å². The number of fused-ring (bicyclic) bond motifs is 2. The number of aromatic nitrogens is 2. The molecule has 31 heavy (non-hydrogen) atoms. The third-order valence-corrected chi connectivity index (χ3v) is 7.55. The van der Waals surface area contributed by atoms with E-state index in [2.05, 4.69) is 10.00 Å². The molecule has 4 heterocycles. The lowest BCUT2D eigenvalue weighted by Crippen LogP contribution is -2.45. The van der Waals surface area contributed by atoms with Crippen molar-refractivity contribution in [1.29, 1.82) is 0 Å². The van der Waals surface area contributed by atoms with Gasteiger partial charge in [0, 0.05) is 41.8 Å². The minimum Gasteiger partial charge on any atom is -0.394 e. The average molecular weight is 462 g/mol. The smallest absolute Gasteiger partial charge is 0.394 e. The Morgan fingerprint density at radius 2 is 2.00 bits per heavy atom. The van der Waals surface area contributed by atoms with Crippen molar-refractivity contribution < 1.29 is 33.2 Å². The van der Waals surface area contributed by atoms with E-state index in [1.165, 1.54) is 0 Å². The van der Waals surface area contributed by atoms with Crippen LogP contribution in [0.25, 0.3) is 0 Å². The maximum absolute atomic E-state index is 13.5. The number of piperidine rings is 1. The van der Waals surface area contributed by atoms with Gasteiger partial charge in [-0.2, -0.15) is 18.3 Å². The van der Waals surface area contributed by atoms with E-state index in [-0.39, 0.29) is 18.7 Å². The first-order valence-corrected chi connectivity index (χ1v) is 11.1. The lowest BCUT2D eigenvalue weighted by atomic mass is 9.84. The summed E-state index contributed by atoms with van der Waals surface area (Å²) in [6.07, 6.45) is -0.252. The summed E-state index contributed by atoms with van der Waals surface area (Å²) in [6.45, 7) is 1.59. The van der Waals surface area contributed by atoms with E-state index in [1.54, 1.807) is 10.9 Å². The Morgan fingerprint density at radius 1 is 1.26 bits per heavy atom. The molecular formula is C20H26F3N3O4S. The molecule has 2 aliphatic heterocycles. The molecule has 2 aliphatic rings. The van der Waals surface area contributed by atoms with E-state index in [0.717, 1.165) is 16.9 Å². The van der Waals surface area contributed by atoms with Crippen LogP contribution in [0, 0.1) is 0 Å². The number of hydrogen-bond donors (Lipinski definition) is 3. The number of thiophene rings is 1. The van der Waals surface area contributed by atoms with Gasteiger partial charge in [-0.05, 0) is 24.8 Å². The molecule has 1 spiro atoms. The van der Waals surface area contributed by atoms with Crippen LogP contribution >= 0.6 is 11.3 Å². The molecular weight excluding hydrogens is 435 g/mol. The summed E-state index contributed by atoms with van der Waals surface area (Å²) in [5.74, 6) is 0. The third-order valence-electron chi connectivity index (χ3n) is 6.04. The largest absolute Gasteiger partial charge is 0.425 e. The van der Waals surface area contributed by atoms with Gasteiger partial charge in [0.25, 0.3) is 0 Å². The number of aliphatic hydroxyl groups excluding tert-OH is 3. The Balaban J connectivity index is 1.46. The summed E-state index contributed by atoms with van der Waals surface area (Å²) in [6, 6.07) is 0. The molecule has 0 amide bonds. The molecule has 1 atom stereocenters. The Morgan fingerprint density at radius 3 is 2.65 bits per heavy atom. The highest BCUT2D eigenvalue weighted by Crippen LogP contribution is 2.50. The van der Waals surface area contributed by atoms with Crippen LogP contribution in [0.2, 0.25) is 0 Å². The summed E-state index contributed by atoms with van der Waals surface area (Å²) >= 11 is 0.729. The maximum atomic E-state index is 13.5. The molecule has 1 unspecified atom stereocenters. The fourth-order valence-corrected chi connectivity index (χ4v) is 5.93. The second-order valence-corrected chi connectivity index (χ2v) is 9.17. The lowest BCUT2D eigenvalue weighted by Gasteiger charge is -2.43.